The van der Waals surface area contributed by atoms with Gasteiger partial charge in [0.1, 0.15) is 6.04 Å². The molecule has 4 nitrogen and oxygen atoms in total. The third kappa shape index (κ3) is 5.09. The molecule has 0 bridgehead atoms. The first-order valence-corrected chi connectivity index (χ1v) is 4.17. The Kier molecular flexibility index (Phi) is 5.66. The van der Waals surface area contributed by atoms with E-state index in [0.717, 1.165) is 6.42 Å². The molecule has 0 aliphatic carbocycles. The molecule has 1 unspecified atom stereocenters. The molecule has 0 heterocycles. The molecule has 0 saturated carbocycles. The first-order valence-electron chi connectivity index (χ1n) is 4.17. The van der Waals surface area contributed by atoms with Gasteiger partial charge in [-0.2, -0.15) is 0 Å². The summed E-state index contributed by atoms with van der Waals surface area (Å²) in [7, 11) is 0. The Hall–Kier alpha value is -0.610. The van der Waals surface area contributed by atoms with Crippen LogP contribution in [0.2, 0.25) is 0 Å². The highest BCUT2D eigenvalue weighted by molar-refractivity contribution is 5.72. The number of carboxylic acid groups (broad SMARTS) is 1. The normalized spacial score (nSPS) is 15.6. The Balaban J connectivity index is 3.53. The molecule has 0 aromatic carbocycles. The summed E-state index contributed by atoms with van der Waals surface area (Å²) in [6, 6.07) is -0.373. The van der Waals surface area contributed by atoms with E-state index in [1.807, 2.05) is 6.92 Å². The number of hydrogen-bond donors (Lipinski definition) is 3. The van der Waals surface area contributed by atoms with Crippen molar-refractivity contribution in [1.29, 1.82) is 0 Å². The smallest absolute Gasteiger partial charge is 0.320 e. The number of carboxylic acids is 1. The van der Waals surface area contributed by atoms with E-state index < -0.39 is 12.0 Å². The molecular weight excluding hydrogens is 158 g/mol. The molecule has 0 saturated heterocycles. The molecule has 0 amide bonds. The van der Waals surface area contributed by atoms with Crippen LogP contribution in [0.3, 0.4) is 0 Å². The van der Waals surface area contributed by atoms with E-state index in [9.17, 15) is 4.79 Å². The number of rotatable bonds is 6. The summed E-state index contributed by atoms with van der Waals surface area (Å²) < 4.78 is 0. The van der Waals surface area contributed by atoms with Gasteiger partial charge in [-0.3, -0.25) is 4.79 Å². The highest BCUT2D eigenvalue weighted by atomic mass is 16.4. The lowest BCUT2D eigenvalue weighted by Crippen LogP contribution is -2.39. The average molecular weight is 175 g/mol. The number of aliphatic carboxylic acids is 1. The Morgan fingerprint density at radius 3 is 2.50 bits per heavy atom. The number of hydrogen-bond acceptors (Lipinski definition) is 3. The number of aliphatic hydroxyl groups is 1. The van der Waals surface area contributed by atoms with Crippen LogP contribution in [0.4, 0.5) is 0 Å². The van der Waals surface area contributed by atoms with Crippen LogP contribution in [0.25, 0.3) is 0 Å². The first-order chi connectivity index (χ1) is 5.57. The Labute approximate surface area is 72.6 Å². The van der Waals surface area contributed by atoms with E-state index in [-0.39, 0.29) is 12.6 Å². The molecular formula is C8H17NO3. The average Bonchev–Trinajstić information content (AvgIpc) is 2.00. The zero-order valence-electron chi connectivity index (χ0n) is 7.58. The number of carbonyl (C=O) groups is 1. The molecule has 12 heavy (non-hydrogen) atoms. The fourth-order valence-corrected chi connectivity index (χ4v) is 0.979. The predicted octanol–water partition coefficient (Wildman–Crippen LogP) is 0.210. The van der Waals surface area contributed by atoms with Gasteiger partial charge in [-0.05, 0) is 26.7 Å². The van der Waals surface area contributed by atoms with Gasteiger partial charge in [-0.15, -0.1) is 0 Å². The Morgan fingerprint density at radius 1 is 1.50 bits per heavy atom. The number of aliphatic hydroxyl groups excluding tert-OH is 1. The Bertz CT molecular complexity index is 138. The van der Waals surface area contributed by atoms with Gasteiger partial charge in [0.25, 0.3) is 0 Å². The van der Waals surface area contributed by atoms with Gasteiger partial charge in [-0.25, -0.2) is 0 Å². The second kappa shape index (κ2) is 5.97. The first kappa shape index (κ1) is 11.4. The molecule has 0 aromatic rings. The van der Waals surface area contributed by atoms with Crippen molar-refractivity contribution in [3.05, 3.63) is 0 Å². The van der Waals surface area contributed by atoms with Gasteiger partial charge in [0.15, 0.2) is 0 Å². The molecule has 4 heteroatoms. The minimum Gasteiger partial charge on any atom is -0.480 e. The second-order valence-electron chi connectivity index (χ2n) is 2.99. The molecule has 0 fully saturated rings. The van der Waals surface area contributed by atoms with Crippen LogP contribution in [0.5, 0.6) is 0 Å². The molecule has 0 radical (unpaired) electrons. The minimum absolute atomic E-state index is 0.142. The summed E-state index contributed by atoms with van der Waals surface area (Å²) in [6.45, 7) is 3.68. The van der Waals surface area contributed by atoms with Gasteiger partial charge in [-0.1, -0.05) is 0 Å². The summed E-state index contributed by atoms with van der Waals surface area (Å²) in [4.78, 5) is 10.4. The summed E-state index contributed by atoms with van der Waals surface area (Å²) in [6.07, 6.45) is 1.51. The zero-order chi connectivity index (χ0) is 9.56. The van der Waals surface area contributed by atoms with E-state index in [1.54, 1.807) is 6.92 Å². The van der Waals surface area contributed by atoms with Crippen molar-refractivity contribution in [2.75, 3.05) is 6.61 Å². The van der Waals surface area contributed by atoms with Crippen LogP contribution in [-0.4, -0.2) is 34.9 Å². The molecule has 72 valence electrons. The van der Waals surface area contributed by atoms with Crippen molar-refractivity contribution in [3.63, 3.8) is 0 Å². The SMILES string of the molecule is CC(CCCO)N[C@@H](C)C(=O)O. The lowest BCUT2D eigenvalue weighted by Gasteiger charge is -2.16. The maximum absolute atomic E-state index is 10.4. The lowest BCUT2D eigenvalue weighted by atomic mass is 10.1. The van der Waals surface area contributed by atoms with Crippen molar-refractivity contribution in [2.24, 2.45) is 0 Å². The zero-order valence-corrected chi connectivity index (χ0v) is 7.58. The van der Waals surface area contributed by atoms with Crippen molar-refractivity contribution in [1.82, 2.24) is 5.32 Å². The van der Waals surface area contributed by atoms with Crippen molar-refractivity contribution in [2.45, 2.75) is 38.8 Å². The molecule has 0 aliphatic heterocycles. The summed E-state index contributed by atoms with van der Waals surface area (Å²) in [5.74, 6) is -0.842. The molecule has 0 aromatic heterocycles. The highest BCUT2D eigenvalue weighted by Gasteiger charge is 2.12. The van der Waals surface area contributed by atoms with Gasteiger partial charge < -0.3 is 15.5 Å². The molecule has 0 rings (SSSR count). The van der Waals surface area contributed by atoms with Gasteiger partial charge >= 0.3 is 5.97 Å². The fourth-order valence-electron chi connectivity index (χ4n) is 0.979. The Morgan fingerprint density at radius 2 is 2.08 bits per heavy atom. The lowest BCUT2D eigenvalue weighted by molar-refractivity contribution is -0.139. The third-order valence-corrected chi connectivity index (χ3v) is 1.70. The van der Waals surface area contributed by atoms with E-state index in [0.29, 0.717) is 6.42 Å². The van der Waals surface area contributed by atoms with Gasteiger partial charge in [0.05, 0.1) is 0 Å². The van der Waals surface area contributed by atoms with Crippen LogP contribution in [0, 0.1) is 0 Å². The molecule has 2 atom stereocenters. The summed E-state index contributed by atoms with van der Waals surface area (Å²) in [5.41, 5.74) is 0. The minimum atomic E-state index is -0.842. The molecule has 0 spiro atoms. The molecule has 3 N–H and O–H groups in total. The third-order valence-electron chi connectivity index (χ3n) is 1.70. The monoisotopic (exact) mass is 175 g/mol. The van der Waals surface area contributed by atoms with Crippen LogP contribution in [-0.2, 0) is 4.79 Å². The second-order valence-corrected chi connectivity index (χ2v) is 2.99. The summed E-state index contributed by atoms with van der Waals surface area (Å²) in [5, 5.41) is 20.0. The predicted molar refractivity (Wildman–Crippen MR) is 46.0 cm³/mol. The van der Waals surface area contributed by atoms with E-state index in [1.165, 1.54) is 0 Å². The van der Waals surface area contributed by atoms with Crippen molar-refractivity contribution >= 4 is 5.97 Å². The number of nitrogens with one attached hydrogen (secondary N) is 1. The van der Waals surface area contributed by atoms with Crippen LogP contribution in [0.1, 0.15) is 26.7 Å². The highest BCUT2D eigenvalue weighted by Crippen LogP contribution is 1.96. The largest absolute Gasteiger partial charge is 0.480 e. The quantitative estimate of drug-likeness (QED) is 0.539. The topological polar surface area (TPSA) is 69.6 Å². The summed E-state index contributed by atoms with van der Waals surface area (Å²) >= 11 is 0. The maximum atomic E-state index is 10.4. The fraction of sp³-hybridized carbons (Fsp3) is 0.875. The van der Waals surface area contributed by atoms with Crippen LogP contribution >= 0.6 is 0 Å². The van der Waals surface area contributed by atoms with Gasteiger partial charge in [0.2, 0.25) is 0 Å². The van der Waals surface area contributed by atoms with Gasteiger partial charge in [0, 0.05) is 12.6 Å². The van der Waals surface area contributed by atoms with Crippen molar-refractivity contribution < 1.29 is 15.0 Å². The standard InChI is InChI=1S/C8H17NO3/c1-6(4-3-5-10)9-7(2)8(11)12/h6-7,9-10H,3-5H2,1-2H3,(H,11,12)/t6?,7-/m0/s1. The van der Waals surface area contributed by atoms with E-state index in [2.05, 4.69) is 5.32 Å². The van der Waals surface area contributed by atoms with E-state index in [4.69, 9.17) is 10.2 Å². The van der Waals surface area contributed by atoms with Crippen LogP contribution < -0.4 is 5.32 Å². The maximum Gasteiger partial charge on any atom is 0.320 e. The van der Waals surface area contributed by atoms with Crippen molar-refractivity contribution in [3.8, 4) is 0 Å². The molecule has 0 aliphatic rings. The van der Waals surface area contributed by atoms with Crippen LogP contribution in [0.15, 0.2) is 0 Å². The van der Waals surface area contributed by atoms with E-state index >= 15 is 0 Å².